The molecule has 53 heavy (non-hydrogen) atoms. The molecule has 5 heterocycles. The molecule has 276 valence electrons. The second-order valence-corrected chi connectivity index (χ2v) is 17.0. The molecule has 3 amide bonds. The molecule has 2 aliphatic carbocycles. The third-order valence-electron chi connectivity index (χ3n) is 12.9. The normalized spacial score (nSPS) is 23.4. The lowest BCUT2D eigenvalue weighted by molar-refractivity contribution is -0.134. The summed E-state index contributed by atoms with van der Waals surface area (Å²) in [5.41, 5.74) is 7.56. The topological polar surface area (TPSA) is 116 Å². The minimum absolute atomic E-state index is 0.0681. The molecule has 2 aromatic heterocycles. The highest BCUT2D eigenvalue weighted by molar-refractivity contribution is 6.09. The van der Waals surface area contributed by atoms with Crippen LogP contribution >= 0.6 is 0 Å². The minimum atomic E-state index is -0.623. The number of amides is 3. The lowest BCUT2D eigenvalue weighted by atomic mass is 9.73. The molecule has 0 radical (unpaired) electrons. The van der Waals surface area contributed by atoms with Crippen molar-refractivity contribution in [3.63, 3.8) is 0 Å². The standard InChI is InChI=1S/C42H50N8O3/c1-25-6-8-28(19-32(25)39(52)43-5)45-38-37-35(44-24-49(37)29-9-10-29)22-34(46-38)27-7-11-33-36(18-27)50(31-20-30(21-31)48-15-12-41(3,4)23-48)40(53)42(33)13-16-47(17-14-42)26(2)51/h6-8,11,18-19,22,24,29-31H,9-10,12-17,20-21,23H2,1-5H3,(H,43,52)(H,45,46). The number of anilines is 3. The van der Waals surface area contributed by atoms with Gasteiger partial charge in [-0.25, -0.2) is 9.97 Å². The number of aromatic nitrogens is 3. The summed E-state index contributed by atoms with van der Waals surface area (Å²) in [5.74, 6) is 0.812. The fourth-order valence-corrected chi connectivity index (χ4v) is 9.47. The number of likely N-dealkylation sites (tertiary alicyclic amines) is 2. The quantitative estimate of drug-likeness (QED) is 0.230. The van der Waals surface area contributed by atoms with Gasteiger partial charge in [0.2, 0.25) is 11.8 Å². The van der Waals surface area contributed by atoms with E-state index in [0.29, 0.717) is 54.8 Å². The van der Waals surface area contributed by atoms with E-state index in [1.165, 1.54) is 6.42 Å². The van der Waals surface area contributed by atoms with Crippen molar-refractivity contribution in [2.75, 3.05) is 43.4 Å². The molecular formula is C42H50N8O3. The van der Waals surface area contributed by atoms with Crippen molar-refractivity contribution in [3.8, 4) is 11.3 Å². The van der Waals surface area contributed by atoms with Crippen molar-refractivity contribution < 1.29 is 14.4 Å². The molecule has 4 aromatic rings. The van der Waals surface area contributed by atoms with E-state index < -0.39 is 5.41 Å². The number of pyridine rings is 1. The Morgan fingerprint density at radius 2 is 1.70 bits per heavy atom. The number of imidazole rings is 1. The third kappa shape index (κ3) is 5.70. The van der Waals surface area contributed by atoms with E-state index in [4.69, 9.17) is 9.97 Å². The van der Waals surface area contributed by atoms with Crippen molar-refractivity contribution in [2.24, 2.45) is 5.41 Å². The molecule has 2 saturated heterocycles. The van der Waals surface area contributed by atoms with Crippen molar-refractivity contribution in [3.05, 3.63) is 65.5 Å². The molecular weight excluding hydrogens is 665 g/mol. The number of nitrogens with zero attached hydrogens (tertiary/aromatic N) is 6. The van der Waals surface area contributed by atoms with Crippen LogP contribution in [-0.2, 0) is 15.0 Å². The summed E-state index contributed by atoms with van der Waals surface area (Å²) in [6.45, 7) is 11.7. The molecule has 1 spiro atoms. The average Bonchev–Trinajstić information content (AvgIpc) is 3.72. The predicted octanol–water partition coefficient (Wildman–Crippen LogP) is 6.33. The van der Waals surface area contributed by atoms with Crippen LogP contribution in [0.3, 0.4) is 0 Å². The van der Waals surface area contributed by atoms with Gasteiger partial charge < -0.3 is 25.0 Å². The van der Waals surface area contributed by atoms with E-state index in [0.717, 1.165) is 83.6 Å². The lowest BCUT2D eigenvalue weighted by Gasteiger charge is -2.46. The van der Waals surface area contributed by atoms with Gasteiger partial charge in [0.15, 0.2) is 5.82 Å². The highest BCUT2D eigenvalue weighted by atomic mass is 16.2. The van der Waals surface area contributed by atoms with Gasteiger partial charge in [0.05, 0.1) is 23.0 Å². The highest BCUT2D eigenvalue weighted by Crippen LogP contribution is 2.52. The van der Waals surface area contributed by atoms with Crippen LogP contribution in [0.2, 0.25) is 0 Å². The first-order chi connectivity index (χ1) is 25.4. The van der Waals surface area contributed by atoms with Gasteiger partial charge in [-0.2, -0.15) is 0 Å². The fourth-order valence-electron chi connectivity index (χ4n) is 9.47. The van der Waals surface area contributed by atoms with Gasteiger partial charge in [0.25, 0.3) is 5.91 Å². The zero-order valence-electron chi connectivity index (χ0n) is 31.5. The maximum Gasteiger partial charge on any atom is 0.251 e. The number of piperidine rings is 1. The number of rotatable bonds is 7. The Labute approximate surface area is 311 Å². The molecule has 2 saturated carbocycles. The maximum atomic E-state index is 14.8. The van der Waals surface area contributed by atoms with E-state index in [2.05, 4.69) is 63.1 Å². The smallest absolute Gasteiger partial charge is 0.251 e. The molecule has 2 N–H and O–H groups in total. The summed E-state index contributed by atoms with van der Waals surface area (Å²) < 4.78 is 2.22. The molecule has 0 unspecified atom stereocenters. The summed E-state index contributed by atoms with van der Waals surface area (Å²) >= 11 is 0. The van der Waals surface area contributed by atoms with Crippen molar-refractivity contribution in [1.29, 1.82) is 0 Å². The zero-order valence-corrected chi connectivity index (χ0v) is 31.5. The number of carbonyl (C=O) groups excluding carboxylic acids is 3. The number of hydrogen-bond donors (Lipinski definition) is 2. The van der Waals surface area contributed by atoms with Gasteiger partial charge in [-0.15, -0.1) is 0 Å². The number of aryl methyl sites for hydroxylation is 1. The summed E-state index contributed by atoms with van der Waals surface area (Å²) in [5, 5.41) is 6.31. The Balaban J connectivity index is 1.10. The van der Waals surface area contributed by atoms with Crippen LogP contribution in [0, 0.1) is 12.3 Å². The third-order valence-corrected chi connectivity index (χ3v) is 12.9. The lowest BCUT2D eigenvalue weighted by Crippen LogP contribution is -2.57. The summed E-state index contributed by atoms with van der Waals surface area (Å²) in [6.07, 6.45) is 8.57. The van der Waals surface area contributed by atoms with E-state index >= 15 is 0 Å². The maximum absolute atomic E-state index is 14.8. The summed E-state index contributed by atoms with van der Waals surface area (Å²) in [6, 6.07) is 15.3. The molecule has 3 aliphatic heterocycles. The second kappa shape index (κ2) is 12.4. The van der Waals surface area contributed by atoms with Crippen LogP contribution < -0.4 is 15.5 Å². The van der Waals surface area contributed by atoms with Gasteiger partial charge >= 0.3 is 0 Å². The SMILES string of the molecule is CNC(=O)c1cc(Nc2nc(-c3ccc4c(c3)N(C3CC(N5CCC(C)(C)C5)C3)C(=O)C43CCN(C(C)=O)CC3)cc3ncn(C4CC4)c23)ccc1C. The fraction of sp³-hybridized carbons (Fsp3) is 0.500. The Bertz CT molecular complexity index is 2150. The van der Waals surface area contributed by atoms with Gasteiger partial charge in [0, 0.05) is 74.2 Å². The monoisotopic (exact) mass is 714 g/mol. The largest absolute Gasteiger partial charge is 0.355 e. The van der Waals surface area contributed by atoms with Gasteiger partial charge in [-0.3, -0.25) is 19.3 Å². The minimum Gasteiger partial charge on any atom is -0.355 e. The predicted molar refractivity (Wildman–Crippen MR) is 207 cm³/mol. The molecule has 11 nitrogen and oxygen atoms in total. The first-order valence-corrected chi connectivity index (χ1v) is 19.4. The van der Waals surface area contributed by atoms with E-state index in [1.807, 2.05) is 36.4 Å². The zero-order chi connectivity index (χ0) is 36.8. The Morgan fingerprint density at radius 1 is 0.925 bits per heavy atom. The van der Waals surface area contributed by atoms with Crippen molar-refractivity contribution >= 4 is 45.9 Å². The summed E-state index contributed by atoms with van der Waals surface area (Å²) in [7, 11) is 1.64. The second-order valence-electron chi connectivity index (χ2n) is 17.0. The van der Waals surface area contributed by atoms with Crippen molar-refractivity contribution in [1.82, 2.24) is 29.7 Å². The average molecular weight is 715 g/mol. The summed E-state index contributed by atoms with van der Waals surface area (Å²) in [4.78, 5) is 56.5. The van der Waals surface area contributed by atoms with Crippen LogP contribution in [0.15, 0.2) is 48.8 Å². The molecule has 5 aliphatic rings. The molecule has 11 heteroatoms. The van der Waals surface area contributed by atoms with E-state index in [1.54, 1.807) is 14.0 Å². The molecule has 0 bridgehead atoms. The number of benzene rings is 2. The molecule has 2 aromatic carbocycles. The first-order valence-electron chi connectivity index (χ1n) is 19.4. The van der Waals surface area contributed by atoms with Crippen LogP contribution in [0.5, 0.6) is 0 Å². The van der Waals surface area contributed by atoms with E-state index in [9.17, 15) is 14.4 Å². The number of carbonyl (C=O) groups is 3. The van der Waals surface area contributed by atoms with Gasteiger partial charge in [-0.1, -0.05) is 32.0 Å². The van der Waals surface area contributed by atoms with Gasteiger partial charge in [-0.05, 0) is 99.2 Å². The van der Waals surface area contributed by atoms with Crippen LogP contribution in [-0.4, -0.2) is 87.4 Å². The number of fused-ring (bicyclic) bond motifs is 3. The van der Waals surface area contributed by atoms with E-state index in [-0.39, 0.29) is 23.8 Å². The number of hydrogen-bond acceptors (Lipinski definition) is 7. The Hall–Kier alpha value is -4.77. The van der Waals surface area contributed by atoms with Crippen molar-refractivity contribution in [2.45, 2.75) is 96.2 Å². The highest BCUT2D eigenvalue weighted by Gasteiger charge is 2.56. The molecule has 4 fully saturated rings. The first kappa shape index (κ1) is 34.0. The van der Waals surface area contributed by atoms with Crippen LogP contribution in [0.4, 0.5) is 17.2 Å². The van der Waals surface area contributed by atoms with Crippen LogP contribution in [0.1, 0.15) is 93.2 Å². The number of nitrogens with one attached hydrogen (secondary N) is 2. The Kier molecular flexibility index (Phi) is 7.96. The van der Waals surface area contributed by atoms with Crippen LogP contribution in [0.25, 0.3) is 22.3 Å². The van der Waals surface area contributed by atoms with Gasteiger partial charge in [0.1, 0.15) is 5.52 Å². The molecule has 0 atom stereocenters. The Morgan fingerprint density at radius 3 is 2.38 bits per heavy atom. The molecule has 9 rings (SSSR count).